The number of rotatable bonds is 6. The van der Waals surface area contributed by atoms with Gasteiger partial charge in [0.25, 0.3) is 0 Å². The molecule has 3 nitrogen and oxygen atoms in total. The first-order valence-electron chi connectivity index (χ1n) is 9.02. The number of hydrogen-bond donors (Lipinski definition) is 3. The van der Waals surface area contributed by atoms with Crippen LogP contribution in [0.15, 0.2) is 36.4 Å². The molecule has 0 amide bonds. The van der Waals surface area contributed by atoms with Crippen LogP contribution in [0.3, 0.4) is 0 Å². The fraction of sp³-hybridized carbons (Fsp3) is 0.400. The maximum Gasteiger partial charge on any atom is 0.401 e. The summed E-state index contributed by atoms with van der Waals surface area (Å²) in [6, 6.07) is 11.6. The second-order valence-corrected chi connectivity index (χ2v) is 7.11. The molecule has 1 aliphatic heterocycles. The molecule has 0 fully saturated rings. The zero-order valence-corrected chi connectivity index (χ0v) is 15.7. The van der Waals surface area contributed by atoms with E-state index in [4.69, 9.17) is 11.6 Å². The van der Waals surface area contributed by atoms with Crippen molar-refractivity contribution >= 4 is 17.3 Å². The lowest BCUT2D eigenvalue weighted by Crippen LogP contribution is -2.28. The first-order chi connectivity index (χ1) is 12.9. The Labute approximate surface area is 162 Å². The van der Waals surface area contributed by atoms with Crippen LogP contribution in [0.2, 0.25) is 5.02 Å². The number of fused-ring (bicyclic) bond motifs is 1. The van der Waals surface area contributed by atoms with Gasteiger partial charge in [-0.05, 0) is 54.3 Å². The van der Waals surface area contributed by atoms with Crippen molar-refractivity contribution in [2.75, 3.05) is 25.0 Å². The van der Waals surface area contributed by atoms with E-state index in [1.807, 2.05) is 30.3 Å². The van der Waals surface area contributed by atoms with E-state index in [2.05, 4.69) is 22.0 Å². The van der Waals surface area contributed by atoms with Gasteiger partial charge in [-0.25, -0.2) is 0 Å². The van der Waals surface area contributed by atoms with Crippen LogP contribution in [0.4, 0.5) is 18.9 Å². The molecule has 0 saturated carbocycles. The zero-order chi connectivity index (χ0) is 19.3. The van der Waals surface area contributed by atoms with Gasteiger partial charge in [-0.1, -0.05) is 41.9 Å². The fourth-order valence-corrected chi connectivity index (χ4v) is 3.49. The van der Waals surface area contributed by atoms with E-state index in [9.17, 15) is 13.2 Å². The summed E-state index contributed by atoms with van der Waals surface area (Å²) in [5.41, 5.74) is 5.43. The molecule has 0 aromatic heterocycles. The Morgan fingerprint density at radius 1 is 0.926 bits per heavy atom. The molecule has 0 aliphatic carbocycles. The zero-order valence-electron chi connectivity index (χ0n) is 14.9. The van der Waals surface area contributed by atoms with Crippen LogP contribution in [0.1, 0.15) is 22.3 Å². The van der Waals surface area contributed by atoms with Crippen molar-refractivity contribution in [3.63, 3.8) is 0 Å². The highest BCUT2D eigenvalue weighted by molar-refractivity contribution is 6.33. The molecule has 0 spiro atoms. The Balaban J connectivity index is 1.60. The van der Waals surface area contributed by atoms with E-state index in [1.54, 1.807) is 0 Å². The summed E-state index contributed by atoms with van der Waals surface area (Å²) in [5, 5.41) is 9.96. The molecule has 3 N–H and O–H groups in total. The minimum Gasteiger partial charge on any atom is -0.380 e. The summed E-state index contributed by atoms with van der Waals surface area (Å²) in [4.78, 5) is 0. The van der Waals surface area contributed by atoms with Crippen molar-refractivity contribution in [1.29, 1.82) is 0 Å². The number of nitrogens with one attached hydrogen (secondary N) is 3. The molecule has 2 aromatic rings. The molecular weight excluding hydrogens is 375 g/mol. The molecular formula is C20H23ClF3N3. The highest BCUT2D eigenvalue weighted by Crippen LogP contribution is 2.31. The Morgan fingerprint density at radius 2 is 1.59 bits per heavy atom. The van der Waals surface area contributed by atoms with Gasteiger partial charge in [0, 0.05) is 13.1 Å². The summed E-state index contributed by atoms with van der Waals surface area (Å²) in [7, 11) is 0. The maximum absolute atomic E-state index is 12.2. The van der Waals surface area contributed by atoms with Crippen LogP contribution in [-0.2, 0) is 25.9 Å². The summed E-state index contributed by atoms with van der Waals surface area (Å²) in [6.07, 6.45) is -2.27. The first-order valence-corrected chi connectivity index (χ1v) is 9.40. The third-order valence-electron chi connectivity index (χ3n) is 4.63. The van der Waals surface area contributed by atoms with Gasteiger partial charge in [0.15, 0.2) is 0 Å². The highest BCUT2D eigenvalue weighted by atomic mass is 35.5. The molecule has 27 heavy (non-hydrogen) atoms. The van der Waals surface area contributed by atoms with E-state index >= 15 is 0 Å². The van der Waals surface area contributed by atoms with Crippen molar-refractivity contribution in [3.05, 3.63) is 63.7 Å². The second kappa shape index (κ2) is 8.95. The van der Waals surface area contributed by atoms with Gasteiger partial charge in [0.1, 0.15) is 0 Å². The molecule has 0 bridgehead atoms. The molecule has 3 rings (SSSR count). The number of anilines is 1. The number of halogens is 4. The van der Waals surface area contributed by atoms with Gasteiger partial charge in [0.05, 0.1) is 17.3 Å². The number of benzene rings is 2. The Bertz CT molecular complexity index is 760. The molecule has 1 heterocycles. The fourth-order valence-electron chi connectivity index (χ4n) is 3.25. The van der Waals surface area contributed by atoms with Gasteiger partial charge in [-0.15, -0.1) is 0 Å². The average Bonchev–Trinajstić information content (AvgIpc) is 2.86. The topological polar surface area (TPSA) is 36.1 Å². The molecule has 2 aromatic carbocycles. The van der Waals surface area contributed by atoms with Crippen molar-refractivity contribution in [3.8, 4) is 0 Å². The van der Waals surface area contributed by atoms with Crippen LogP contribution in [0.5, 0.6) is 0 Å². The summed E-state index contributed by atoms with van der Waals surface area (Å²) in [5.74, 6) is 0. The van der Waals surface area contributed by atoms with E-state index in [-0.39, 0.29) is 6.54 Å². The molecule has 0 atom stereocenters. The number of hydrogen-bond acceptors (Lipinski definition) is 3. The molecule has 146 valence electrons. The SMILES string of the molecule is FC(F)(F)CNCc1ccc(CNc2c(Cl)ccc3c2CCNCC3)cc1. The van der Waals surface area contributed by atoms with Crippen molar-refractivity contribution < 1.29 is 13.2 Å². The van der Waals surface area contributed by atoms with Crippen LogP contribution in [0, 0.1) is 0 Å². The maximum atomic E-state index is 12.2. The molecule has 7 heteroatoms. The van der Waals surface area contributed by atoms with Gasteiger partial charge >= 0.3 is 6.18 Å². The standard InChI is InChI=1S/C20H23ClF3N3/c21-18-6-5-16-7-9-25-10-8-17(16)19(18)27-12-15-3-1-14(2-4-15)11-26-13-20(22,23)24/h1-6,25-27H,7-13H2. The summed E-state index contributed by atoms with van der Waals surface area (Å²) in [6.45, 7) is 1.72. The van der Waals surface area contributed by atoms with Crippen LogP contribution in [-0.4, -0.2) is 25.8 Å². The second-order valence-electron chi connectivity index (χ2n) is 6.70. The monoisotopic (exact) mass is 397 g/mol. The molecule has 0 unspecified atom stereocenters. The van der Waals surface area contributed by atoms with E-state index in [0.717, 1.165) is 42.7 Å². The van der Waals surface area contributed by atoms with Crippen LogP contribution < -0.4 is 16.0 Å². The lowest BCUT2D eigenvalue weighted by atomic mass is 10.0. The lowest BCUT2D eigenvalue weighted by Gasteiger charge is -2.16. The molecule has 0 saturated heterocycles. The normalized spacial score (nSPS) is 14.5. The predicted molar refractivity (Wildman–Crippen MR) is 103 cm³/mol. The lowest BCUT2D eigenvalue weighted by molar-refractivity contribution is -0.125. The van der Waals surface area contributed by atoms with Crippen LogP contribution in [0.25, 0.3) is 0 Å². The van der Waals surface area contributed by atoms with Crippen LogP contribution >= 0.6 is 11.6 Å². The molecule has 0 radical (unpaired) electrons. The highest BCUT2D eigenvalue weighted by Gasteiger charge is 2.26. The van der Waals surface area contributed by atoms with Crippen molar-refractivity contribution in [2.45, 2.75) is 32.1 Å². The van der Waals surface area contributed by atoms with E-state index < -0.39 is 12.7 Å². The minimum absolute atomic E-state index is 0.193. The van der Waals surface area contributed by atoms with Gasteiger partial charge in [-0.3, -0.25) is 0 Å². The third-order valence-corrected chi connectivity index (χ3v) is 4.94. The summed E-state index contributed by atoms with van der Waals surface area (Å²) >= 11 is 6.42. The minimum atomic E-state index is -4.19. The number of alkyl halides is 3. The smallest absolute Gasteiger partial charge is 0.380 e. The average molecular weight is 398 g/mol. The quantitative estimate of drug-likeness (QED) is 0.680. The van der Waals surface area contributed by atoms with E-state index in [0.29, 0.717) is 11.6 Å². The molecule has 1 aliphatic rings. The van der Waals surface area contributed by atoms with Gasteiger partial charge in [0.2, 0.25) is 0 Å². The first kappa shape index (κ1) is 20.0. The largest absolute Gasteiger partial charge is 0.401 e. The Kier molecular flexibility index (Phi) is 6.63. The Morgan fingerprint density at radius 3 is 2.30 bits per heavy atom. The van der Waals surface area contributed by atoms with Gasteiger partial charge in [-0.2, -0.15) is 13.2 Å². The Hall–Kier alpha value is -1.76. The predicted octanol–water partition coefficient (Wildman–Crippen LogP) is 4.29. The third kappa shape index (κ3) is 5.86. The van der Waals surface area contributed by atoms with Crippen molar-refractivity contribution in [2.24, 2.45) is 0 Å². The van der Waals surface area contributed by atoms with Gasteiger partial charge < -0.3 is 16.0 Å². The van der Waals surface area contributed by atoms with Crippen molar-refractivity contribution in [1.82, 2.24) is 10.6 Å². The summed E-state index contributed by atoms with van der Waals surface area (Å²) < 4.78 is 36.5. The van der Waals surface area contributed by atoms with E-state index in [1.165, 1.54) is 11.1 Å².